The van der Waals surface area contributed by atoms with Crippen molar-refractivity contribution >= 4 is 0 Å². The van der Waals surface area contributed by atoms with Gasteiger partial charge < -0.3 is 0 Å². The van der Waals surface area contributed by atoms with Gasteiger partial charge in [0.2, 0.25) is 0 Å². The number of hydrogen-bond donors (Lipinski definition) is 3. The Morgan fingerprint density at radius 2 is 1.40 bits per heavy atom. The van der Waals surface area contributed by atoms with Gasteiger partial charge in [-0.3, -0.25) is 16.0 Å². The lowest BCUT2D eigenvalue weighted by atomic mass is 9.95. The monoisotopic (exact) mass is 213 g/mol. The van der Waals surface area contributed by atoms with Crippen LogP contribution in [0.2, 0.25) is 0 Å². The molecular weight excluding hydrogens is 186 g/mol. The summed E-state index contributed by atoms with van der Waals surface area (Å²) in [5.74, 6) is 0. The maximum absolute atomic E-state index is 3.67. The molecule has 0 bridgehead atoms. The predicted octanol–water partition coefficient (Wildman–Crippen LogP) is 1.80. The lowest BCUT2D eigenvalue weighted by Gasteiger charge is -2.28. The van der Waals surface area contributed by atoms with Crippen LogP contribution < -0.4 is 16.0 Å². The summed E-state index contributed by atoms with van der Waals surface area (Å²) >= 11 is 0. The van der Waals surface area contributed by atoms with Gasteiger partial charge in [0.1, 0.15) is 0 Å². The summed E-state index contributed by atoms with van der Waals surface area (Å²) in [5.41, 5.74) is 0.453. The van der Waals surface area contributed by atoms with Crippen LogP contribution in [0, 0.1) is 0 Å². The Hall–Kier alpha value is -0.120. The molecule has 1 fully saturated rings. The van der Waals surface area contributed by atoms with Gasteiger partial charge >= 0.3 is 0 Å². The summed E-state index contributed by atoms with van der Waals surface area (Å²) in [6.45, 7) is 13.4. The van der Waals surface area contributed by atoms with Gasteiger partial charge in [0.15, 0.2) is 0 Å². The summed E-state index contributed by atoms with van der Waals surface area (Å²) in [6, 6.07) is 0. The van der Waals surface area contributed by atoms with Gasteiger partial charge in [-0.05, 0) is 40.5 Å². The van der Waals surface area contributed by atoms with Crippen LogP contribution in [0.25, 0.3) is 0 Å². The molecule has 0 aromatic rings. The summed E-state index contributed by atoms with van der Waals surface area (Å²) < 4.78 is 0. The van der Waals surface area contributed by atoms with Crippen LogP contribution in [0.4, 0.5) is 0 Å². The van der Waals surface area contributed by atoms with Gasteiger partial charge in [0.25, 0.3) is 0 Å². The molecule has 15 heavy (non-hydrogen) atoms. The van der Waals surface area contributed by atoms with Crippen molar-refractivity contribution in [3.63, 3.8) is 0 Å². The van der Waals surface area contributed by atoms with Crippen molar-refractivity contribution in [2.45, 2.75) is 77.8 Å². The Morgan fingerprint density at radius 1 is 0.933 bits per heavy atom. The lowest BCUT2D eigenvalue weighted by Crippen LogP contribution is -2.47. The molecule has 3 N–H and O–H groups in total. The Balaban J connectivity index is 2.33. The van der Waals surface area contributed by atoms with Crippen LogP contribution in [-0.4, -0.2) is 23.4 Å². The molecule has 0 aromatic heterocycles. The SMILES string of the molecule is CCC(C)(CC)NC1NC1NC(C)(C)C. The third-order valence-electron chi connectivity index (χ3n) is 3.24. The highest BCUT2D eigenvalue weighted by molar-refractivity contribution is 5.00. The summed E-state index contributed by atoms with van der Waals surface area (Å²) in [5, 5.41) is 10.6. The molecule has 1 saturated heterocycles. The minimum Gasteiger partial charge on any atom is -0.295 e. The van der Waals surface area contributed by atoms with Crippen molar-refractivity contribution in [1.82, 2.24) is 16.0 Å². The molecular formula is C12H27N3. The molecule has 3 nitrogen and oxygen atoms in total. The van der Waals surface area contributed by atoms with E-state index in [9.17, 15) is 0 Å². The minimum atomic E-state index is 0.183. The first-order valence-electron chi connectivity index (χ1n) is 6.11. The summed E-state index contributed by atoms with van der Waals surface area (Å²) in [6.07, 6.45) is 3.21. The average Bonchev–Trinajstić information content (AvgIpc) is 2.80. The fourth-order valence-electron chi connectivity index (χ4n) is 1.68. The van der Waals surface area contributed by atoms with Crippen LogP contribution in [0.3, 0.4) is 0 Å². The van der Waals surface area contributed by atoms with Crippen LogP contribution in [-0.2, 0) is 0 Å². The molecule has 2 atom stereocenters. The minimum absolute atomic E-state index is 0.183. The molecule has 1 aliphatic heterocycles. The van der Waals surface area contributed by atoms with Gasteiger partial charge in [-0.1, -0.05) is 13.8 Å². The summed E-state index contributed by atoms with van der Waals surface area (Å²) in [4.78, 5) is 0. The molecule has 0 radical (unpaired) electrons. The molecule has 1 aliphatic rings. The zero-order valence-electron chi connectivity index (χ0n) is 11.1. The Kier molecular flexibility index (Phi) is 3.80. The van der Waals surface area contributed by atoms with Crippen LogP contribution >= 0.6 is 0 Å². The van der Waals surface area contributed by atoms with Gasteiger partial charge in [-0.25, -0.2) is 0 Å². The van der Waals surface area contributed by atoms with E-state index in [-0.39, 0.29) is 11.1 Å². The van der Waals surface area contributed by atoms with Crippen LogP contribution in [0.1, 0.15) is 54.4 Å². The topological polar surface area (TPSA) is 46.0 Å². The van der Waals surface area contributed by atoms with E-state index in [4.69, 9.17) is 0 Å². The van der Waals surface area contributed by atoms with Crippen LogP contribution in [0.5, 0.6) is 0 Å². The van der Waals surface area contributed by atoms with Crippen LogP contribution in [0.15, 0.2) is 0 Å². The predicted molar refractivity (Wildman–Crippen MR) is 65.7 cm³/mol. The van der Waals surface area contributed by atoms with E-state index in [1.807, 2.05) is 0 Å². The largest absolute Gasteiger partial charge is 0.295 e. The van der Waals surface area contributed by atoms with Crippen molar-refractivity contribution in [3.05, 3.63) is 0 Å². The fourth-order valence-corrected chi connectivity index (χ4v) is 1.68. The Labute approximate surface area is 94.4 Å². The Bertz CT molecular complexity index is 203. The maximum atomic E-state index is 3.67. The highest BCUT2D eigenvalue weighted by Crippen LogP contribution is 2.19. The van der Waals surface area contributed by atoms with Crippen molar-refractivity contribution in [3.8, 4) is 0 Å². The van der Waals surface area contributed by atoms with Gasteiger partial charge in [0, 0.05) is 11.1 Å². The van der Waals surface area contributed by atoms with Crippen molar-refractivity contribution in [2.75, 3.05) is 0 Å². The first-order valence-corrected chi connectivity index (χ1v) is 6.11. The molecule has 0 aliphatic carbocycles. The highest BCUT2D eigenvalue weighted by atomic mass is 15.4. The fraction of sp³-hybridized carbons (Fsp3) is 1.00. The third-order valence-corrected chi connectivity index (χ3v) is 3.24. The first kappa shape index (κ1) is 12.9. The smallest absolute Gasteiger partial charge is 0.0884 e. The van der Waals surface area contributed by atoms with Crippen molar-refractivity contribution in [1.29, 1.82) is 0 Å². The maximum Gasteiger partial charge on any atom is 0.0884 e. The summed E-state index contributed by atoms with van der Waals surface area (Å²) in [7, 11) is 0. The normalized spacial score (nSPS) is 26.8. The van der Waals surface area contributed by atoms with Crippen molar-refractivity contribution in [2.24, 2.45) is 0 Å². The average molecular weight is 213 g/mol. The molecule has 2 unspecified atom stereocenters. The molecule has 1 rings (SSSR count). The second-order valence-electron chi connectivity index (χ2n) is 5.93. The molecule has 3 heteroatoms. The second-order valence-corrected chi connectivity index (χ2v) is 5.93. The molecule has 0 spiro atoms. The molecule has 0 saturated carbocycles. The van der Waals surface area contributed by atoms with E-state index >= 15 is 0 Å². The van der Waals surface area contributed by atoms with E-state index < -0.39 is 0 Å². The van der Waals surface area contributed by atoms with E-state index in [0.29, 0.717) is 12.3 Å². The lowest BCUT2D eigenvalue weighted by molar-refractivity contribution is 0.314. The molecule has 1 heterocycles. The van der Waals surface area contributed by atoms with Gasteiger partial charge in [-0.15, -0.1) is 0 Å². The zero-order chi connectivity index (χ0) is 11.7. The van der Waals surface area contributed by atoms with E-state index in [0.717, 1.165) is 0 Å². The number of nitrogens with one attached hydrogen (secondary N) is 3. The zero-order valence-corrected chi connectivity index (χ0v) is 11.1. The van der Waals surface area contributed by atoms with E-state index in [1.165, 1.54) is 12.8 Å². The van der Waals surface area contributed by atoms with Gasteiger partial charge in [-0.2, -0.15) is 0 Å². The molecule has 0 aromatic carbocycles. The quantitative estimate of drug-likeness (QED) is 0.610. The van der Waals surface area contributed by atoms with E-state index in [1.54, 1.807) is 0 Å². The van der Waals surface area contributed by atoms with Crippen molar-refractivity contribution < 1.29 is 0 Å². The second kappa shape index (κ2) is 4.40. The first-order chi connectivity index (χ1) is 6.79. The Morgan fingerprint density at radius 3 is 1.80 bits per heavy atom. The van der Waals surface area contributed by atoms with E-state index in [2.05, 4.69) is 57.5 Å². The third kappa shape index (κ3) is 4.09. The number of rotatable bonds is 5. The highest BCUT2D eigenvalue weighted by Gasteiger charge is 2.41. The number of hydrogen-bond acceptors (Lipinski definition) is 3. The standard InChI is InChI=1S/C12H27N3/c1-7-12(6,8-2)15-10-9(13-10)14-11(3,4)5/h9-10,13-15H,7-8H2,1-6H3. The van der Waals surface area contributed by atoms with Gasteiger partial charge in [0.05, 0.1) is 12.3 Å². The molecule has 90 valence electrons. The molecule has 0 amide bonds.